The predicted octanol–water partition coefficient (Wildman–Crippen LogP) is 11.9. The van der Waals surface area contributed by atoms with Crippen molar-refractivity contribution in [1.29, 1.82) is 0 Å². The standard InChI is InChI=1S/C16H17O3P.C9H20.C8H18.C2H6/c1-12-10-14(17-2)16(19-20)15(11-12)18-13-8-6-4-3-5-7-9-13;1-3-5-7-9-8-6-4-2;1-3-5-7-8-6-4-2;1-2/h6,8-11H,4,7,20H2,1-2H3;3-9H2,1-2H3;3-8H2,1-2H3;1-2H3/b8-6-,13-9+;;;. The van der Waals surface area contributed by atoms with Gasteiger partial charge in [0.2, 0.25) is 5.75 Å². The SMILES string of the molecule is CC.CCCCCCCC.CCCCCCCCC.COc1cc(C)cc(OC2=C/CC#CC/C=C\2)c1OP. The highest BCUT2D eigenvalue weighted by Crippen LogP contribution is 2.40. The molecule has 2 rings (SSSR count). The Bertz CT molecular complexity index is 790. The third-order valence-electron chi connectivity index (χ3n) is 5.93. The summed E-state index contributed by atoms with van der Waals surface area (Å²) in [5.74, 6) is 8.67. The molecule has 1 unspecified atom stereocenters. The summed E-state index contributed by atoms with van der Waals surface area (Å²) in [6.45, 7) is 15.0. The average Bonchev–Trinajstić information content (AvgIpc) is 2.94. The third kappa shape index (κ3) is 22.6. The molecule has 39 heavy (non-hydrogen) atoms. The Balaban J connectivity index is 0. The lowest BCUT2D eigenvalue weighted by atomic mass is 10.1. The lowest BCUT2D eigenvalue weighted by molar-refractivity contribution is 0.379. The molecule has 1 aromatic rings. The third-order valence-corrected chi connectivity index (χ3v) is 6.16. The van der Waals surface area contributed by atoms with Gasteiger partial charge in [-0.3, -0.25) is 0 Å². The first-order valence-corrected chi connectivity index (χ1v) is 16.1. The lowest BCUT2D eigenvalue weighted by Crippen LogP contribution is -1.97. The lowest BCUT2D eigenvalue weighted by Gasteiger charge is -2.15. The Labute approximate surface area is 245 Å². The van der Waals surface area contributed by atoms with Gasteiger partial charge in [0.25, 0.3) is 0 Å². The molecule has 0 heterocycles. The number of hydrogen-bond donors (Lipinski definition) is 0. The molecule has 1 aromatic carbocycles. The Kier molecular flexibility index (Phi) is 30.8. The number of methoxy groups -OCH3 is 1. The molecule has 0 N–H and O–H groups in total. The predicted molar refractivity (Wildman–Crippen MR) is 177 cm³/mol. The van der Waals surface area contributed by atoms with E-state index in [1.807, 2.05) is 51.1 Å². The highest BCUT2D eigenvalue weighted by atomic mass is 31.0. The molecular formula is C35H61O3P. The molecular weight excluding hydrogens is 499 g/mol. The molecule has 0 radical (unpaired) electrons. The van der Waals surface area contributed by atoms with Crippen LogP contribution in [0.2, 0.25) is 0 Å². The van der Waals surface area contributed by atoms with Gasteiger partial charge in [0.05, 0.1) is 16.6 Å². The van der Waals surface area contributed by atoms with Gasteiger partial charge >= 0.3 is 0 Å². The van der Waals surface area contributed by atoms with Crippen LogP contribution in [0, 0.1) is 18.8 Å². The van der Waals surface area contributed by atoms with Gasteiger partial charge in [0, 0.05) is 12.8 Å². The quantitative estimate of drug-likeness (QED) is 0.121. The molecule has 3 nitrogen and oxygen atoms in total. The van der Waals surface area contributed by atoms with Crippen LogP contribution < -0.4 is 14.0 Å². The van der Waals surface area contributed by atoms with Crippen LogP contribution in [0.25, 0.3) is 0 Å². The monoisotopic (exact) mass is 560 g/mol. The molecule has 0 saturated carbocycles. The van der Waals surface area contributed by atoms with E-state index in [1.165, 1.54) is 83.5 Å². The first-order valence-electron chi connectivity index (χ1n) is 15.6. The van der Waals surface area contributed by atoms with Crippen molar-refractivity contribution in [2.45, 2.75) is 145 Å². The maximum atomic E-state index is 5.92. The summed E-state index contributed by atoms with van der Waals surface area (Å²) in [6, 6.07) is 3.82. The largest absolute Gasteiger partial charge is 0.493 e. The van der Waals surface area contributed by atoms with E-state index in [4.69, 9.17) is 14.0 Å². The number of benzene rings is 1. The maximum absolute atomic E-state index is 5.92. The van der Waals surface area contributed by atoms with Crippen LogP contribution in [0.4, 0.5) is 0 Å². The normalized spacial score (nSPS) is 13.5. The second-order valence-electron chi connectivity index (χ2n) is 9.47. The van der Waals surface area contributed by atoms with E-state index in [0.717, 1.165) is 17.7 Å². The summed E-state index contributed by atoms with van der Waals surface area (Å²) in [5.41, 5.74) is 1.04. The van der Waals surface area contributed by atoms with Gasteiger partial charge in [-0.05, 0) is 36.8 Å². The van der Waals surface area contributed by atoms with Crippen LogP contribution >= 0.6 is 9.47 Å². The fourth-order valence-corrected chi connectivity index (χ4v) is 3.97. The minimum absolute atomic E-state index is 0.561. The molecule has 0 aromatic heterocycles. The molecule has 0 aliphatic heterocycles. The maximum Gasteiger partial charge on any atom is 0.206 e. The zero-order chi connectivity index (χ0) is 29.6. The second-order valence-corrected chi connectivity index (χ2v) is 9.70. The van der Waals surface area contributed by atoms with Crippen molar-refractivity contribution in [2.24, 2.45) is 0 Å². The first kappa shape index (κ1) is 39.2. The van der Waals surface area contributed by atoms with E-state index >= 15 is 0 Å². The highest BCUT2D eigenvalue weighted by Gasteiger charge is 2.13. The zero-order valence-corrected chi connectivity index (χ0v) is 28.0. The van der Waals surface area contributed by atoms with Gasteiger partial charge < -0.3 is 14.0 Å². The van der Waals surface area contributed by atoms with Gasteiger partial charge in [-0.25, -0.2) is 0 Å². The summed E-state index contributed by atoms with van der Waals surface area (Å²) in [7, 11) is 3.83. The number of allylic oxidation sites excluding steroid dienone is 3. The van der Waals surface area contributed by atoms with Crippen molar-refractivity contribution in [2.75, 3.05) is 7.11 Å². The van der Waals surface area contributed by atoms with E-state index in [2.05, 4.69) is 49.0 Å². The molecule has 0 bridgehead atoms. The summed E-state index contributed by atoms with van der Waals surface area (Å²) in [6.07, 6.45) is 25.7. The van der Waals surface area contributed by atoms with Gasteiger partial charge in [0.15, 0.2) is 11.5 Å². The van der Waals surface area contributed by atoms with E-state index < -0.39 is 0 Å². The summed E-state index contributed by atoms with van der Waals surface area (Å²) >= 11 is 0. The molecule has 1 atom stereocenters. The number of ether oxygens (including phenoxy) is 2. The topological polar surface area (TPSA) is 27.7 Å². The minimum atomic E-state index is 0.561. The Morgan fingerprint density at radius 3 is 1.64 bits per heavy atom. The van der Waals surface area contributed by atoms with E-state index in [0.29, 0.717) is 23.7 Å². The Morgan fingerprint density at radius 1 is 0.718 bits per heavy atom. The van der Waals surface area contributed by atoms with Crippen molar-refractivity contribution in [3.63, 3.8) is 0 Å². The fraction of sp³-hybridized carbons (Fsp3) is 0.657. The van der Waals surface area contributed by atoms with Crippen LogP contribution in [0.5, 0.6) is 17.2 Å². The Morgan fingerprint density at radius 2 is 1.18 bits per heavy atom. The van der Waals surface area contributed by atoms with Crippen LogP contribution in [-0.2, 0) is 0 Å². The number of hydrogen-bond acceptors (Lipinski definition) is 3. The summed E-state index contributed by atoms with van der Waals surface area (Å²) in [5, 5.41) is 0. The second kappa shape index (κ2) is 30.6. The van der Waals surface area contributed by atoms with Crippen LogP contribution in [0.15, 0.2) is 36.1 Å². The number of rotatable bonds is 15. The molecule has 4 heteroatoms. The number of aryl methyl sites for hydroxylation is 1. The van der Waals surface area contributed by atoms with Crippen molar-refractivity contribution < 1.29 is 14.0 Å². The molecule has 0 saturated heterocycles. The number of unbranched alkanes of at least 4 members (excludes halogenated alkanes) is 11. The molecule has 1 aliphatic carbocycles. The molecule has 0 amide bonds. The Hall–Kier alpha value is -1.91. The van der Waals surface area contributed by atoms with E-state index in [1.54, 1.807) is 7.11 Å². The van der Waals surface area contributed by atoms with Crippen molar-refractivity contribution >= 4 is 9.47 Å². The van der Waals surface area contributed by atoms with E-state index in [-0.39, 0.29) is 0 Å². The van der Waals surface area contributed by atoms with Gasteiger partial charge in [-0.2, -0.15) is 0 Å². The highest BCUT2D eigenvalue weighted by molar-refractivity contribution is 7.10. The zero-order valence-electron chi connectivity index (χ0n) is 26.8. The van der Waals surface area contributed by atoms with Gasteiger partial charge in [0.1, 0.15) is 5.76 Å². The summed E-state index contributed by atoms with van der Waals surface area (Å²) < 4.78 is 16.5. The molecule has 0 fully saturated rings. The van der Waals surface area contributed by atoms with Crippen LogP contribution in [0.3, 0.4) is 0 Å². The first-order chi connectivity index (χ1) is 19.1. The van der Waals surface area contributed by atoms with Gasteiger partial charge in [-0.15, -0.1) is 0 Å². The van der Waals surface area contributed by atoms with Crippen LogP contribution in [0.1, 0.15) is 143 Å². The molecule has 1 aliphatic rings. The fourth-order valence-electron chi connectivity index (χ4n) is 3.74. The molecule has 224 valence electrons. The van der Waals surface area contributed by atoms with Gasteiger partial charge in [-0.1, -0.05) is 143 Å². The van der Waals surface area contributed by atoms with Crippen LogP contribution in [-0.4, -0.2) is 7.11 Å². The van der Waals surface area contributed by atoms with E-state index in [9.17, 15) is 0 Å². The van der Waals surface area contributed by atoms with Crippen molar-refractivity contribution in [1.82, 2.24) is 0 Å². The summed E-state index contributed by atoms with van der Waals surface area (Å²) in [4.78, 5) is 0. The average molecular weight is 561 g/mol. The van der Waals surface area contributed by atoms with Crippen molar-refractivity contribution in [3.8, 4) is 29.1 Å². The minimum Gasteiger partial charge on any atom is -0.493 e. The van der Waals surface area contributed by atoms with Crippen molar-refractivity contribution in [3.05, 3.63) is 41.7 Å². The molecule has 0 spiro atoms. The smallest absolute Gasteiger partial charge is 0.206 e.